The summed E-state index contributed by atoms with van der Waals surface area (Å²) in [6.45, 7) is 1.97. The molecule has 0 radical (unpaired) electrons. The number of hydrazone groups is 1. The molecule has 0 saturated heterocycles. The second-order valence-corrected chi connectivity index (χ2v) is 7.48. The quantitative estimate of drug-likeness (QED) is 0.267. The first kappa shape index (κ1) is 22.6. The lowest BCUT2D eigenvalue weighted by molar-refractivity contribution is 0.0526. The molecule has 0 bridgehead atoms. The highest BCUT2D eigenvalue weighted by Gasteiger charge is 2.15. The average molecular weight is 506 g/mol. The van der Waals surface area contributed by atoms with Crippen LogP contribution in [0.2, 0.25) is 5.02 Å². The van der Waals surface area contributed by atoms with Gasteiger partial charge in [-0.05, 0) is 55.5 Å². The fraction of sp³-hybridized carbons (Fsp3) is 0.136. The van der Waals surface area contributed by atoms with E-state index in [0.717, 1.165) is 4.47 Å². The Kier molecular flexibility index (Phi) is 7.49. The van der Waals surface area contributed by atoms with E-state index in [9.17, 15) is 9.59 Å². The van der Waals surface area contributed by atoms with Crippen LogP contribution in [0.15, 0.2) is 62.5 Å². The smallest absolute Gasteiger partial charge is 0.339 e. The van der Waals surface area contributed by atoms with Crippen LogP contribution in [0.3, 0.4) is 0 Å². The Hall–Kier alpha value is -3.10. The van der Waals surface area contributed by atoms with E-state index in [4.69, 9.17) is 25.5 Å². The highest BCUT2D eigenvalue weighted by atomic mass is 79.9. The highest BCUT2D eigenvalue weighted by molar-refractivity contribution is 9.10. The van der Waals surface area contributed by atoms with E-state index in [-0.39, 0.29) is 12.2 Å². The van der Waals surface area contributed by atoms with E-state index in [0.29, 0.717) is 33.4 Å². The number of carbonyl (C=O) groups is 2. The van der Waals surface area contributed by atoms with E-state index in [1.807, 2.05) is 0 Å². The van der Waals surface area contributed by atoms with Crippen molar-refractivity contribution < 1.29 is 23.5 Å². The third kappa shape index (κ3) is 5.53. The Bertz CT molecular complexity index is 1140. The minimum atomic E-state index is -0.506. The van der Waals surface area contributed by atoms with Gasteiger partial charge in [0.1, 0.15) is 17.3 Å². The van der Waals surface area contributed by atoms with Gasteiger partial charge in [0.05, 0.1) is 36.1 Å². The largest absolute Gasteiger partial charge is 0.496 e. The van der Waals surface area contributed by atoms with E-state index in [1.54, 1.807) is 55.5 Å². The Labute approximate surface area is 192 Å². The lowest BCUT2D eigenvalue weighted by atomic mass is 10.1. The van der Waals surface area contributed by atoms with Gasteiger partial charge in [0.25, 0.3) is 5.91 Å². The maximum Gasteiger partial charge on any atom is 0.339 e. The monoisotopic (exact) mass is 504 g/mol. The van der Waals surface area contributed by atoms with Crippen molar-refractivity contribution in [2.75, 3.05) is 13.7 Å². The summed E-state index contributed by atoms with van der Waals surface area (Å²) in [7, 11) is 1.48. The van der Waals surface area contributed by atoms with Crippen molar-refractivity contribution >= 4 is 45.6 Å². The van der Waals surface area contributed by atoms with Gasteiger partial charge in [-0.3, -0.25) is 4.79 Å². The van der Waals surface area contributed by atoms with Gasteiger partial charge in [-0.15, -0.1) is 0 Å². The van der Waals surface area contributed by atoms with Gasteiger partial charge in [-0.2, -0.15) is 5.10 Å². The molecular weight excluding hydrogens is 488 g/mol. The SMILES string of the molecule is CCOC(=O)c1cc(-c2ccc(/C=N\NC(=O)c3cc(Br)ccc3OC)o2)ccc1Cl. The number of hydrogen-bond donors (Lipinski definition) is 1. The first-order valence-corrected chi connectivity index (χ1v) is 10.3. The molecule has 3 aromatic rings. The maximum absolute atomic E-state index is 12.4. The van der Waals surface area contributed by atoms with Gasteiger partial charge in [0.15, 0.2) is 0 Å². The molecular formula is C22H18BrClN2O5. The number of amides is 1. The van der Waals surface area contributed by atoms with Gasteiger partial charge in [0, 0.05) is 10.0 Å². The number of benzene rings is 2. The Balaban J connectivity index is 1.73. The second-order valence-electron chi connectivity index (χ2n) is 6.16. The molecule has 0 atom stereocenters. The summed E-state index contributed by atoms with van der Waals surface area (Å²) in [6.07, 6.45) is 1.37. The fourth-order valence-electron chi connectivity index (χ4n) is 2.69. The molecule has 0 fully saturated rings. The van der Waals surface area contributed by atoms with Gasteiger partial charge >= 0.3 is 5.97 Å². The first-order valence-electron chi connectivity index (χ1n) is 9.16. The lowest BCUT2D eigenvalue weighted by Crippen LogP contribution is -2.18. The van der Waals surface area contributed by atoms with Crippen LogP contribution in [0.25, 0.3) is 11.3 Å². The molecule has 1 N–H and O–H groups in total. The molecule has 31 heavy (non-hydrogen) atoms. The number of furan rings is 1. The number of esters is 1. The van der Waals surface area contributed by atoms with Crippen molar-refractivity contribution in [3.63, 3.8) is 0 Å². The van der Waals surface area contributed by atoms with E-state index >= 15 is 0 Å². The number of hydrogen-bond acceptors (Lipinski definition) is 6. The standard InChI is InChI=1S/C22H18BrClN2O5/c1-3-30-22(28)16-10-13(4-7-18(16)24)19-9-6-15(31-19)12-25-26-21(27)17-11-14(23)5-8-20(17)29-2/h4-12H,3H2,1-2H3,(H,26,27)/b25-12-. The van der Waals surface area contributed by atoms with Crippen LogP contribution in [-0.4, -0.2) is 31.8 Å². The summed E-state index contributed by atoms with van der Waals surface area (Å²) < 4.78 is 16.7. The predicted octanol–water partition coefficient (Wildman–Crippen LogP) is 5.31. The lowest BCUT2D eigenvalue weighted by Gasteiger charge is -2.07. The number of nitrogens with one attached hydrogen (secondary N) is 1. The molecule has 7 nitrogen and oxygen atoms in total. The molecule has 0 saturated carbocycles. The summed E-state index contributed by atoms with van der Waals surface area (Å²) >= 11 is 9.42. The average Bonchev–Trinajstić information content (AvgIpc) is 3.23. The van der Waals surface area contributed by atoms with Crippen molar-refractivity contribution in [3.05, 3.63) is 74.9 Å². The molecule has 0 aliphatic heterocycles. The van der Waals surface area contributed by atoms with Crippen molar-refractivity contribution in [1.29, 1.82) is 0 Å². The van der Waals surface area contributed by atoms with Gasteiger partial charge in [-0.1, -0.05) is 27.5 Å². The molecule has 0 aliphatic rings. The number of halogens is 2. The van der Waals surface area contributed by atoms with Crippen LogP contribution >= 0.6 is 27.5 Å². The summed E-state index contributed by atoms with van der Waals surface area (Å²) in [5.74, 6) is 0.399. The highest BCUT2D eigenvalue weighted by Crippen LogP contribution is 2.27. The van der Waals surface area contributed by atoms with Crippen molar-refractivity contribution in [1.82, 2.24) is 5.43 Å². The molecule has 0 aliphatic carbocycles. The Morgan fingerprint density at radius 2 is 1.97 bits per heavy atom. The minimum absolute atomic E-state index is 0.248. The van der Waals surface area contributed by atoms with Gasteiger partial charge < -0.3 is 13.9 Å². The first-order chi connectivity index (χ1) is 14.9. The molecule has 0 unspecified atom stereocenters. The molecule has 1 heterocycles. The summed E-state index contributed by atoms with van der Waals surface area (Å²) in [4.78, 5) is 24.4. The Morgan fingerprint density at radius 1 is 1.16 bits per heavy atom. The summed E-state index contributed by atoms with van der Waals surface area (Å²) in [5.41, 5.74) is 3.67. The molecule has 1 aromatic heterocycles. The third-order valence-corrected chi connectivity index (χ3v) is 4.96. The van der Waals surface area contributed by atoms with Crippen molar-refractivity contribution in [2.24, 2.45) is 5.10 Å². The number of rotatable bonds is 7. The van der Waals surface area contributed by atoms with Crippen LogP contribution in [0.4, 0.5) is 0 Å². The van der Waals surface area contributed by atoms with Crippen LogP contribution in [-0.2, 0) is 4.74 Å². The zero-order valence-electron chi connectivity index (χ0n) is 16.6. The number of nitrogens with zero attached hydrogens (tertiary/aromatic N) is 1. The van der Waals surface area contributed by atoms with E-state index in [1.165, 1.54) is 13.3 Å². The van der Waals surface area contributed by atoms with E-state index < -0.39 is 11.9 Å². The molecule has 0 spiro atoms. The van der Waals surface area contributed by atoms with E-state index in [2.05, 4.69) is 26.5 Å². The van der Waals surface area contributed by atoms with Crippen molar-refractivity contribution in [3.8, 4) is 17.1 Å². The normalized spacial score (nSPS) is 10.8. The molecule has 1 amide bonds. The summed E-state index contributed by atoms with van der Waals surface area (Å²) in [6, 6.07) is 13.4. The zero-order chi connectivity index (χ0) is 22.4. The number of ether oxygens (including phenoxy) is 2. The van der Waals surface area contributed by atoms with Crippen LogP contribution in [0.1, 0.15) is 33.4 Å². The third-order valence-electron chi connectivity index (χ3n) is 4.14. The van der Waals surface area contributed by atoms with Crippen LogP contribution in [0, 0.1) is 0 Å². The molecule has 2 aromatic carbocycles. The fourth-order valence-corrected chi connectivity index (χ4v) is 3.25. The van der Waals surface area contributed by atoms with Gasteiger partial charge in [0.2, 0.25) is 0 Å². The molecule has 3 rings (SSSR count). The van der Waals surface area contributed by atoms with Crippen LogP contribution < -0.4 is 10.2 Å². The minimum Gasteiger partial charge on any atom is -0.496 e. The Morgan fingerprint density at radius 3 is 2.71 bits per heavy atom. The van der Waals surface area contributed by atoms with Gasteiger partial charge in [-0.25, -0.2) is 10.2 Å². The number of methoxy groups -OCH3 is 1. The number of carbonyl (C=O) groups excluding carboxylic acids is 2. The van der Waals surface area contributed by atoms with Crippen LogP contribution in [0.5, 0.6) is 5.75 Å². The molecule has 160 valence electrons. The topological polar surface area (TPSA) is 90.1 Å². The molecule has 9 heteroatoms. The second kappa shape index (κ2) is 10.3. The zero-order valence-corrected chi connectivity index (χ0v) is 19.0. The summed E-state index contributed by atoms with van der Waals surface area (Å²) in [5, 5.41) is 4.22. The maximum atomic E-state index is 12.4. The van der Waals surface area contributed by atoms with Crippen molar-refractivity contribution in [2.45, 2.75) is 6.92 Å². The predicted molar refractivity (Wildman–Crippen MR) is 121 cm³/mol.